The van der Waals surface area contributed by atoms with Crippen LogP contribution in [0, 0.1) is 0 Å². The van der Waals surface area contributed by atoms with Crippen molar-refractivity contribution in [3.8, 4) is 0 Å². The van der Waals surface area contributed by atoms with Gasteiger partial charge in [0.05, 0.1) is 13.1 Å². The molecule has 5 nitrogen and oxygen atoms in total. The van der Waals surface area contributed by atoms with Crippen LogP contribution < -0.4 is 5.32 Å². The zero-order chi connectivity index (χ0) is 12.7. The number of nitrogens with one attached hydrogen (secondary N) is 1. The highest BCUT2D eigenvalue weighted by molar-refractivity contribution is 5.99. The normalized spacial score (nSPS) is 38.6. The van der Waals surface area contributed by atoms with Gasteiger partial charge in [0, 0.05) is 18.1 Å². The number of fused-ring (bicyclic) bond motifs is 2. The summed E-state index contributed by atoms with van der Waals surface area (Å²) in [7, 11) is 2.22. The fourth-order valence-electron chi connectivity index (χ4n) is 3.80. The Kier molecular flexibility index (Phi) is 3.11. The molecule has 0 saturated carbocycles. The molecule has 3 fully saturated rings. The summed E-state index contributed by atoms with van der Waals surface area (Å²) in [4.78, 5) is 27.5. The lowest BCUT2D eigenvalue weighted by atomic mass is 9.81. The molecule has 0 spiro atoms. The van der Waals surface area contributed by atoms with Gasteiger partial charge in [0.15, 0.2) is 0 Å². The second kappa shape index (κ2) is 4.63. The summed E-state index contributed by atoms with van der Waals surface area (Å²) in [5, 5.41) is 2.38. The third-order valence-electron chi connectivity index (χ3n) is 4.80. The highest BCUT2D eigenvalue weighted by Gasteiger charge is 2.39. The maximum Gasteiger partial charge on any atom is 0.240 e. The Hall–Kier alpha value is -0.940. The zero-order valence-electron chi connectivity index (χ0n) is 10.9. The topological polar surface area (TPSA) is 52.6 Å². The maximum atomic E-state index is 11.5. The van der Waals surface area contributed by atoms with Crippen molar-refractivity contribution >= 4 is 11.8 Å². The van der Waals surface area contributed by atoms with Crippen molar-refractivity contribution in [2.24, 2.45) is 0 Å². The Morgan fingerprint density at radius 1 is 1.00 bits per heavy atom. The van der Waals surface area contributed by atoms with E-state index in [1.807, 2.05) is 0 Å². The second-order valence-corrected chi connectivity index (χ2v) is 5.91. The van der Waals surface area contributed by atoms with Gasteiger partial charge in [-0.05, 0) is 32.7 Å². The van der Waals surface area contributed by atoms with Crippen LogP contribution in [0.5, 0.6) is 0 Å². The first kappa shape index (κ1) is 12.1. The number of piperazine rings is 1. The summed E-state index contributed by atoms with van der Waals surface area (Å²) in [6.45, 7) is 0.777. The number of carbonyl (C=O) groups excluding carboxylic acids is 2. The molecule has 2 amide bonds. The first-order valence-electron chi connectivity index (χ1n) is 6.92. The minimum Gasteiger partial charge on any atom is -0.300 e. The van der Waals surface area contributed by atoms with Crippen LogP contribution in [0.4, 0.5) is 0 Å². The van der Waals surface area contributed by atoms with Crippen LogP contribution in [-0.2, 0) is 9.59 Å². The number of amides is 2. The third-order valence-corrected chi connectivity index (χ3v) is 4.80. The van der Waals surface area contributed by atoms with Gasteiger partial charge in [0.2, 0.25) is 11.8 Å². The number of piperidine rings is 2. The van der Waals surface area contributed by atoms with Crippen LogP contribution in [0.25, 0.3) is 0 Å². The zero-order valence-corrected chi connectivity index (χ0v) is 10.9. The molecule has 2 atom stereocenters. The van der Waals surface area contributed by atoms with Crippen molar-refractivity contribution in [1.82, 2.24) is 15.1 Å². The van der Waals surface area contributed by atoms with E-state index in [2.05, 4.69) is 22.2 Å². The van der Waals surface area contributed by atoms with Gasteiger partial charge in [-0.1, -0.05) is 6.42 Å². The average molecular weight is 251 g/mol. The van der Waals surface area contributed by atoms with Crippen molar-refractivity contribution in [3.63, 3.8) is 0 Å². The second-order valence-electron chi connectivity index (χ2n) is 5.91. The molecule has 3 heterocycles. The van der Waals surface area contributed by atoms with E-state index < -0.39 is 0 Å². The molecule has 0 aliphatic carbocycles. The van der Waals surface area contributed by atoms with Crippen LogP contribution in [0.15, 0.2) is 0 Å². The average Bonchev–Trinajstić information content (AvgIpc) is 2.26. The van der Waals surface area contributed by atoms with E-state index in [1.165, 1.54) is 19.3 Å². The number of carbonyl (C=O) groups is 2. The molecule has 18 heavy (non-hydrogen) atoms. The fraction of sp³-hybridized carbons (Fsp3) is 0.846. The largest absolute Gasteiger partial charge is 0.300 e. The summed E-state index contributed by atoms with van der Waals surface area (Å²) in [6, 6.07) is 1.69. The molecule has 3 aliphatic heterocycles. The van der Waals surface area contributed by atoms with Gasteiger partial charge in [-0.25, -0.2) is 0 Å². The molecule has 5 heteroatoms. The molecular weight excluding hydrogens is 230 g/mol. The fourth-order valence-corrected chi connectivity index (χ4v) is 3.80. The van der Waals surface area contributed by atoms with Crippen molar-refractivity contribution in [3.05, 3.63) is 0 Å². The lowest BCUT2D eigenvalue weighted by Gasteiger charge is -2.50. The summed E-state index contributed by atoms with van der Waals surface area (Å²) in [5.74, 6) is -0.286. The Labute approximate surface area is 107 Å². The predicted molar refractivity (Wildman–Crippen MR) is 66.9 cm³/mol. The standard InChI is InChI=1S/C13H21N3O2/c1-15-9-3-2-4-10(15)6-11(5-9)16-7-12(17)14-13(18)8-16/h9-11H,2-8H2,1H3,(H,14,17,18). The van der Waals surface area contributed by atoms with E-state index in [0.29, 0.717) is 31.2 Å². The molecule has 0 aromatic carbocycles. The van der Waals surface area contributed by atoms with Gasteiger partial charge in [-0.2, -0.15) is 0 Å². The first-order chi connectivity index (χ1) is 8.63. The van der Waals surface area contributed by atoms with Gasteiger partial charge >= 0.3 is 0 Å². The molecule has 1 N–H and O–H groups in total. The highest BCUT2D eigenvalue weighted by Crippen LogP contribution is 2.34. The molecule has 3 rings (SSSR count). The minimum atomic E-state index is -0.143. The molecule has 2 unspecified atom stereocenters. The molecular formula is C13H21N3O2. The Bertz CT molecular complexity index is 341. The van der Waals surface area contributed by atoms with E-state index in [4.69, 9.17) is 0 Å². The molecule has 100 valence electrons. The van der Waals surface area contributed by atoms with E-state index >= 15 is 0 Å². The summed E-state index contributed by atoms with van der Waals surface area (Å²) >= 11 is 0. The number of nitrogens with zero attached hydrogens (tertiary/aromatic N) is 2. The van der Waals surface area contributed by atoms with Crippen LogP contribution >= 0.6 is 0 Å². The predicted octanol–water partition coefficient (Wildman–Crippen LogP) is -0.0399. The molecule has 0 radical (unpaired) electrons. The maximum absolute atomic E-state index is 11.5. The molecule has 0 aromatic rings. The SMILES string of the molecule is CN1C2CCCC1CC(N1CC(=O)NC(=O)C1)C2. The van der Waals surface area contributed by atoms with E-state index in [-0.39, 0.29) is 11.8 Å². The van der Waals surface area contributed by atoms with Gasteiger partial charge in [0.25, 0.3) is 0 Å². The number of imide groups is 1. The molecule has 3 aliphatic rings. The van der Waals surface area contributed by atoms with Gasteiger partial charge in [-0.15, -0.1) is 0 Å². The van der Waals surface area contributed by atoms with E-state index in [1.54, 1.807) is 0 Å². The lowest BCUT2D eigenvalue weighted by Crippen LogP contribution is -2.60. The number of hydrogen-bond donors (Lipinski definition) is 1. The van der Waals surface area contributed by atoms with Crippen LogP contribution in [0.3, 0.4) is 0 Å². The lowest BCUT2D eigenvalue weighted by molar-refractivity contribution is -0.138. The highest BCUT2D eigenvalue weighted by atomic mass is 16.2. The third kappa shape index (κ3) is 2.17. The van der Waals surface area contributed by atoms with Gasteiger partial charge in [0.1, 0.15) is 0 Å². The Morgan fingerprint density at radius 2 is 1.56 bits per heavy atom. The van der Waals surface area contributed by atoms with E-state index in [9.17, 15) is 9.59 Å². The quantitative estimate of drug-likeness (QED) is 0.664. The number of hydrogen-bond acceptors (Lipinski definition) is 4. The van der Waals surface area contributed by atoms with Crippen molar-refractivity contribution < 1.29 is 9.59 Å². The van der Waals surface area contributed by atoms with Crippen LogP contribution in [0.1, 0.15) is 32.1 Å². The first-order valence-corrected chi connectivity index (χ1v) is 6.92. The summed E-state index contributed by atoms with van der Waals surface area (Å²) in [5.41, 5.74) is 0. The van der Waals surface area contributed by atoms with Crippen LogP contribution in [-0.4, -0.2) is 59.9 Å². The minimum absolute atomic E-state index is 0.143. The monoisotopic (exact) mass is 251 g/mol. The van der Waals surface area contributed by atoms with Crippen molar-refractivity contribution in [1.29, 1.82) is 0 Å². The van der Waals surface area contributed by atoms with E-state index in [0.717, 1.165) is 12.8 Å². The molecule has 3 saturated heterocycles. The Balaban J connectivity index is 1.70. The van der Waals surface area contributed by atoms with Gasteiger partial charge < -0.3 is 4.90 Å². The summed E-state index contributed by atoms with van der Waals surface area (Å²) in [6.07, 6.45) is 6.06. The van der Waals surface area contributed by atoms with Crippen molar-refractivity contribution in [2.75, 3.05) is 20.1 Å². The number of rotatable bonds is 1. The van der Waals surface area contributed by atoms with Crippen molar-refractivity contribution in [2.45, 2.75) is 50.2 Å². The van der Waals surface area contributed by atoms with Crippen LogP contribution in [0.2, 0.25) is 0 Å². The molecule has 2 bridgehead atoms. The molecule has 0 aromatic heterocycles. The smallest absolute Gasteiger partial charge is 0.240 e. The van der Waals surface area contributed by atoms with Gasteiger partial charge in [-0.3, -0.25) is 19.8 Å². The Morgan fingerprint density at radius 3 is 2.11 bits per heavy atom. The summed E-state index contributed by atoms with van der Waals surface area (Å²) < 4.78 is 0.